The predicted octanol–water partition coefficient (Wildman–Crippen LogP) is 5.09. The van der Waals surface area contributed by atoms with Crippen LogP contribution in [0.4, 0.5) is 0 Å². The quantitative estimate of drug-likeness (QED) is 0.424. The summed E-state index contributed by atoms with van der Waals surface area (Å²) in [7, 11) is -4.03. The number of aryl methyl sites for hydroxylation is 1. The molecule has 142 valence electrons. The van der Waals surface area contributed by atoms with Crippen molar-refractivity contribution in [1.82, 2.24) is 0 Å². The van der Waals surface area contributed by atoms with Crippen molar-refractivity contribution in [3.63, 3.8) is 0 Å². The van der Waals surface area contributed by atoms with E-state index >= 15 is 0 Å². The molecule has 4 rings (SSSR count). The Bertz CT molecular complexity index is 1210. The third-order valence-electron chi connectivity index (χ3n) is 4.11. The summed E-state index contributed by atoms with van der Waals surface area (Å²) in [5, 5.41) is 2.35. The number of hydrogen-bond acceptors (Lipinski definition) is 6. The van der Waals surface area contributed by atoms with Crippen LogP contribution in [-0.4, -0.2) is 14.2 Å². The first-order valence-corrected chi connectivity index (χ1v) is 10.8. The number of carbonyl (C=O) groups excluding carboxylic acids is 1. The minimum atomic E-state index is -4.03. The molecule has 3 aromatic rings. The molecule has 1 aliphatic rings. The summed E-state index contributed by atoms with van der Waals surface area (Å²) in [6, 6.07) is 11.9. The maximum Gasteiger partial charge on any atom is 0.339 e. The summed E-state index contributed by atoms with van der Waals surface area (Å²) in [4.78, 5) is 13.4. The summed E-state index contributed by atoms with van der Waals surface area (Å²) in [6.07, 6.45) is 1.69. The summed E-state index contributed by atoms with van der Waals surface area (Å²) in [5.74, 6) is 0.248. The molecule has 2 heterocycles. The largest absolute Gasteiger partial charge is 0.452 e. The van der Waals surface area contributed by atoms with Crippen LogP contribution < -0.4 is 8.92 Å². The third kappa shape index (κ3) is 3.56. The van der Waals surface area contributed by atoms with Crippen LogP contribution in [0.3, 0.4) is 0 Å². The van der Waals surface area contributed by atoms with Gasteiger partial charge in [0.05, 0.1) is 5.56 Å². The lowest BCUT2D eigenvalue weighted by atomic mass is 10.1. The highest BCUT2D eigenvalue weighted by Gasteiger charge is 2.29. The molecular weight excluding hydrogens is 420 g/mol. The minimum Gasteiger partial charge on any atom is -0.452 e. The fourth-order valence-corrected chi connectivity index (χ4v) is 4.54. The monoisotopic (exact) mass is 432 g/mol. The lowest BCUT2D eigenvalue weighted by Gasteiger charge is -2.08. The molecule has 5 nitrogen and oxygen atoms in total. The molecule has 0 saturated heterocycles. The number of rotatable bonds is 4. The Balaban J connectivity index is 1.60. The van der Waals surface area contributed by atoms with Crippen molar-refractivity contribution in [2.45, 2.75) is 11.8 Å². The van der Waals surface area contributed by atoms with Gasteiger partial charge < -0.3 is 8.92 Å². The van der Waals surface area contributed by atoms with E-state index in [-0.39, 0.29) is 27.9 Å². The highest BCUT2D eigenvalue weighted by Crippen LogP contribution is 2.36. The number of allylic oxidation sites excluding steroid dienone is 1. The topological polar surface area (TPSA) is 69.7 Å². The SMILES string of the molecule is Cc1ccsc1/C=C1\Oc2cc(OS(=O)(=O)c3ccc(Cl)cc3)ccc2C1=O. The van der Waals surface area contributed by atoms with Gasteiger partial charge in [-0.15, -0.1) is 11.3 Å². The number of hydrogen-bond donors (Lipinski definition) is 0. The van der Waals surface area contributed by atoms with Crippen LogP contribution in [0.1, 0.15) is 20.8 Å². The van der Waals surface area contributed by atoms with Crippen molar-refractivity contribution in [2.75, 3.05) is 0 Å². The number of halogens is 1. The van der Waals surface area contributed by atoms with Crippen molar-refractivity contribution in [3.8, 4) is 11.5 Å². The molecule has 0 atom stereocenters. The number of fused-ring (bicyclic) bond motifs is 1. The molecule has 2 aromatic carbocycles. The molecule has 0 saturated carbocycles. The lowest BCUT2D eigenvalue weighted by Crippen LogP contribution is -2.09. The normalized spacial score (nSPS) is 14.8. The van der Waals surface area contributed by atoms with Gasteiger partial charge in [-0.1, -0.05) is 11.6 Å². The van der Waals surface area contributed by atoms with Crippen LogP contribution >= 0.6 is 22.9 Å². The molecule has 1 aromatic heterocycles. The molecule has 0 amide bonds. The number of ether oxygens (including phenoxy) is 1. The second-order valence-electron chi connectivity index (χ2n) is 6.06. The molecule has 0 radical (unpaired) electrons. The van der Waals surface area contributed by atoms with Gasteiger partial charge in [0.15, 0.2) is 5.76 Å². The van der Waals surface area contributed by atoms with Gasteiger partial charge in [0, 0.05) is 22.0 Å². The van der Waals surface area contributed by atoms with E-state index in [0.717, 1.165) is 10.4 Å². The standard InChI is InChI=1S/C20H13ClO5S2/c1-12-8-9-27-19(12)11-18-20(22)16-7-4-14(10-17(16)25-18)26-28(23,24)15-5-2-13(21)3-6-15/h2-11H,1H3/b18-11-. The number of carbonyl (C=O) groups is 1. The Labute approximate surface area is 170 Å². The number of thiophene rings is 1. The minimum absolute atomic E-state index is 0.0249. The first-order chi connectivity index (χ1) is 13.3. The van der Waals surface area contributed by atoms with Crippen LogP contribution in [0.25, 0.3) is 6.08 Å². The van der Waals surface area contributed by atoms with Crippen LogP contribution in [0.5, 0.6) is 11.5 Å². The fourth-order valence-electron chi connectivity index (χ4n) is 2.65. The van der Waals surface area contributed by atoms with Crippen molar-refractivity contribution < 1.29 is 22.1 Å². The van der Waals surface area contributed by atoms with Gasteiger partial charge in [-0.3, -0.25) is 4.79 Å². The van der Waals surface area contributed by atoms with E-state index in [2.05, 4.69) is 0 Å². The summed E-state index contributed by atoms with van der Waals surface area (Å²) >= 11 is 7.29. The first-order valence-electron chi connectivity index (χ1n) is 8.16. The van der Waals surface area contributed by atoms with Crippen LogP contribution in [0, 0.1) is 6.92 Å². The van der Waals surface area contributed by atoms with Crippen molar-refractivity contribution in [1.29, 1.82) is 0 Å². The van der Waals surface area contributed by atoms with Crippen molar-refractivity contribution >= 4 is 44.9 Å². The lowest BCUT2D eigenvalue weighted by molar-refractivity contribution is 0.101. The van der Waals surface area contributed by atoms with Crippen molar-refractivity contribution in [3.05, 3.63) is 80.7 Å². The second-order valence-corrected chi connectivity index (χ2v) is 8.99. The van der Waals surface area contributed by atoms with E-state index in [1.807, 2.05) is 18.4 Å². The molecule has 28 heavy (non-hydrogen) atoms. The second kappa shape index (κ2) is 7.09. The van der Waals surface area contributed by atoms with Gasteiger partial charge >= 0.3 is 10.1 Å². The van der Waals surface area contributed by atoms with Crippen LogP contribution in [-0.2, 0) is 10.1 Å². The van der Waals surface area contributed by atoms with Gasteiger partial charge in [-0.2, -0.15) is 8.42 Å². The summed E-state index contributed by atoms with van der Waals surface area (Å²) in [5.41, 5.74) is 1.40. The molecule has 0 unspecified atom stereocenters. The summed E-state index contributed by atoms with van der Waals surface area (Å²) in [6.45, 7) is 1.95. The predicted molar refractivity (Wildman–Crippen MR) is 108 cm³/mol. The Kier molecular flexibility index (Phi) is 4.74. The van der Waals surface area contributed by atoms with E-state index in [0.29, 0.717) is 10.6 Å². The molecule has 0 bridgehead atoms. The molecular formula is C20H13ClO5S2. The Morgan fingerprint density at radius 1 is 1.11 bits per heavy atom. The van der Waals surface area contributed by atoms with E-state index in [1.165, 1.54) is 53.8 Å². The van der Waals surface area contributed by atoms with E-state index < -0.39 is 10.1 Å². The Morgan fingerprint density at radius 2 is 1.86 bits per heavy atom. The highest BCUT2D eigenvalue weighted by molar-refractivity contribution is 7.87. The smallest absolute Gasteiger partial charge is 0.339 e. The third-order valence-corrected chi connectivity index (χ3v) is 6.59. The van der Waals surface area contributed by atoms with E-state index in [1.54, 1.807) is 6.08 Å². The van der Waals surface area contributed by atoms with Gasteiger partial charge in [0.1, 0.15) is 16.4 Å². The zero-order valence-electron chi connectivity index (χ0n) is 14.5. The van der Waals surface area contributed by atoms with Crippen molar-refractivity contribution in [2.24, 2.45) is 0 Å². The maximum atomic E-state index is 12.5. The van der Waals surface area contributed by atoms with Gasteiger partial charge in [-0.05, 0) is 60.3 Å². The highest BCUT2D eigenvalue weighted by atomic mass is 35.5. The molecule has 0 N–H and O–H groups in total. The fraction of sp³-hybridized carbons (Fsp3) is 0.0500. The van der Waals surface area contributed by atoms with Gasteiger partial charge in [-0.25, -0.2) is 0 Å². The average Bonchev–Trinajstić information content (AvgIpc) is 3.19. The number of ketones is 1. The number of benzene rings is 2. The average molecular weight is 433 g/mol. The van der Waals surface area contributed by atoms with Gasteiger partial charge in [0.25, 0.3) is 0 Å². The molecule has 1 aliphatic heterocycles. The first kappa shape index (κ1) is 18.7. The zero-order chi connectivity index (χ0) is 19.9. The maximum absolute atomic E-state index is 12.5. The summed E-state index contributed by atoms with van der Waals surface area (Å²) < 4.78 is 35.6. The molecule has 0 spiro atoms. The molecule has 0 fully saturated rings. The van der Waals surface area contributed by atoms with Gasteiger partial charge in [0.2, 0.25) is 5.78 Å². The zero-order valence-corrected chi connectivity index (χ0v) is 16.9. The van der Waals surface area contributed by atoms with E-state index in [4.69, 9.17) is 20.5 Å². The van der Waals surface area contributed by atoms with Crippen LogP contribution in [0.15, 0.2) is 64.6 Å². The Morgan fingerprint density at radius 3 is 2.54 bits per heavy atom. The van der Waals surface area contributed by atoms with E-state index in [9.17, 15) is 13.2 Å². The van der Waals surface area contributed by atoms with Crippen LogP contribution in [0.2, 0.25) is 5.02 Å². The molecule has 0 aliphatic carbocycles. The Hall–Kier alpha value is -2.61. The number of Topliss-reactive ketones (excluding diaryl/α,β-unsaturated/α-hetero) is 1. The molecule has 8 heteroatoms.